The number of benzene rings is 1. The average Bonchev–Trinajstić information content (AvgIpc) is 2.47. The van der Waals surface area contributed by atoms with Gasteiger partial charge in [-0.3, -0.25) is 9.78 Å². The molecule has 0 saturated heterocycles. The summed E-state index contributed by atoms with van der Waals surface area (Å²) < 4.78 is 5.20. The van der Waals surface area contributed by atoms with E-state index in [4.69, 9.17) is 16.3 Å². The molecule has 1 heterocycles. The summed E-state index contributed by atoms with van der Waals surface area (Å²) in [5.74, 6) is 0.333. The van der Waals surface area contributed by atoms with Crippen molar-refractivity contribution >= 4 is 17.5 Å². The first kappa shape index (κ1) is 14.3. The predicted molar refractivity (Wildman–Crippen MR) is 78.0 cm³/mol. The molecule has 0 saturated carbocycles. The molecule has 2 rings (SSSR count). The fourth-order valence-electron chi connectivity index (χ4n) is 1.85. The van der Waals surface area contributed by atoms with Gasteiger partial charge in [-0.2, -0.15) is 0 Å². The number of methoxy groups -OCH3 is 1. The van der Waals surface area contributed by atoms with E-state index in [1.807, 2.05) is 18.2 Å². The summed E-state index contributed by atoms with van der Waals surface area (Å²) in [6, 6.07) is 10.6. The topological polar surface area (TPSA) is 42.4 Å². The van der Waals surface area contributed by atoms with Crippen molar-refractivity contribution in [1.82, 2.24) is 9.88 Å². The molecule has 0 aliphatic rings. The summed E-state index contributed by atoms with van der Waals surface area (Å²) in [5, 5.41) is 0.533. The van der Waals surface area contributed by atoms with Crippen LogP contribution in [0.1, 0.15) is 16.1 Å². The minimum absolute atomic E-state index is 0.135. The first-order chi connectivity index (χ1) is 9.61. The normalized spacial score (nSPS) is 10.2. The van der Waals surface area contributed by atoms with Crippen LogP contribution in [0.4, 0.5) is 0 Å². The maximum Gasteiger partial charge on any atom is 0.257 e. The second kappa shape index (κ2) is 6.39. The maximum absolute atomic E-state index is 12.4. The lowest BCUT2D eigenvalue weighted by Gasteiger charge is -2.18. The van der Waals surface area contributed by atoms with Gasteiger partial charge in [-0.1, -0.05) is 17.7 Å². The highest BCUT2D eigenvalue weighted by Gasteiger charge is 2.17. The second-order valence-electron chi connectivity index (χ2n) is 4.33. The Morgan fingerprint density at radius 2 is 2.15 bits per heavy atom. The highest BCUT2D eigenvalue weighted by atomic mass is 35.5. The van der Waals surface area contributed by atoms with E-state index in [-0.39, 0.29) is 5.91 Å². The number of hydrogen-bond donors (Lipinski definition) is 0. The number of rotatable bonds is 4. The smallest absolute Gasteiger partial charge is 0.257 e. The van der Waals surface area contributed by atoms with E-state index < -0.39 is 0 Å². The maximum atomic E-state index is 12.4. The number of nitrogens with zero attached hydrogens (tertiary/aromatic N) is 2. The molecule has 0 N–H and O–H groups in total. The van der Waals surface area contributed by atoms with Gasteiger partial charge in [-0.05, 0) is 30.3 Å². The molecule has 0 unspecified atom stereocenters. The summed E-state index contributed by atoms with van der Waals surface area (Å²) in [4.78, 5) is 18.2. The first-order valence-corrected chi connectivity index (χ1v) is 6.48. The minimum atomic E-state index is -0.135. The Morgan fingerprint density at radius 1 is 1.35 bits per heavy atom. The first-order valence-electron chi connectivity index (χ1n) is 6.10. The lowest BCUT2D eigenvalue weighted by molar-refractivity contribution is 0.0780. The molecule has 0 aliphatic carbocycles. The van der Waals surface area contributed by atoms with Gasteiger partial charge in [0.1, 0.15) is 5.75 Å². The van der Waals surface area contributed by atoms with Crippen LogP contribution in [0.15, 0.2) is 42.6 Å². The minimum Gasteiger partial charge on any atom is -0.496 e. The molecule has 2 aromatic rings. The van der Waals surface area contributed by atoms with E-state index in [2.05, 4.69) is 4.98 Å². The standard InChI is InChI=1S/C15H15ClN2O2/c1-18(10-12-5-3-4-8-17-12)15(19)13-7-6-11(16)9-14(13)20-2/h3-9H,10H2,1-2H3. The number of carbonyl (C=O) groups excluding carboxylic acids is 1. The molecular formula is C15H15ClN2O2. The number of amides is 1. The van der Waals surface area contributed by atoms with Crippen molar-refractivity contribution in [2.24, 2.45) is 0 Å². The van der Waals surface area contributed by atoms with Crippen molar-refractivity contribution in [3.8, 4) is 5.75 Å². The third-order valence-corrected chi connectivity index (χ3v) is 3.10. The van der Waals surface area contributed by atoms with Gasteiger partial charge in [0, 0.05) is 18.3 Å². The fourth-order valence-corrected chi connectivity index (χ4v) is 2.02. The summed E-state index contributed by atoms with van der Waals surface area (Å²) in [7, 11) is 3.24. The van der Waals surface area contributed by atoms with Gasteiger partial charge in [-0.25, -0.2) is 0 Å². The largest absolute Gasteiger partial charge is 0.496 e. The Hall–Kier alpha value is -2.07. The number of pyridine rings is 1. The number of carbonyl (C=O) groups is 1. The lowest BCUT2D eigenvalue weighted by Crippen LogP contribution is -2.27. The van der Waals surface area contributed by atoms with Crippen molar-refractivity contribution in [3.05, 3.63) is 58.9 Å². The molecule has 0 fully saturated rings. The molecule has 1 aromatic heterocycles. The van der Waals surface area contributed by atoms with E-state index in [1.54, 1.807) is 36.3 Å². The molecule has 0 atom stereocenters. The van der Waals surface area contributed by atoms with Crippen LogP contribution in [-0.4, -0.2) is 29.9 Å². The number of hydrogen-bond acceptors (Lipinski definition) is 3. The monoisotopic (exact) mass is 290 g/mol. The van der Waals surface area contributed by atoms with Crippen LogP contribution in [0.2, 0.25) is 5.02 Å². The van der Waals surface area contributed by atoms with E-state index in [9.17, 15) is 4.79 Å². The quantitative estimate of drug-likeness (QED) is 0.869. The molecule has 4 nitrogen and oxygen atoms in total. The van der Waals surface area contributed by atoms with Crippen LogP contribution in [0.25, 0.3) is 0 Å². The Balaban J connectivity index is 2.18. The summed E-state index contributed by atoms with van der Waals surface area (Å²) in [6.07, 6.45) is 1.70. The zero-order valence-corrected chi connectivity index (χ0v) is 12.1. The Morgan fingerprint density at radius 3 is 2.80 bits per heavy atom. The van der Waals surface area contributed by atoms with E-state index in [0.29, 0.717) is 22.9 Å². The summed E-state index contributed by atoms with van der Waals surface area (Å²) >= 11 is 5.89. The van der Waals surface area contributed by atoms with Crippen molar-refractivity contribution in [3.63, 3.8) is 0 Å². The van der Waals surface area contributed by atoms with Crippen molar-refractivity contribution in [1.29, 1.82) is 0 Å². The SMILES string of the molecule is COc1cc(Cl)ccc1C(=O)N(C)Cc1ccccn1. The van der Waals surface area contributed by atoms with Gasteiger partial charge in [0.2, 0.25) is 0 Å². The van der Waals surface area contributed by atoms with Gasteiger partial charge in [-0.15, -0.1) is 0 Å². The van der Waals surface area contributed by atoms with Gasteiger partial charge < -0.3 is 9.64 Å². The van der Waals surface area contributed by atoms with E-state index in [1.165, 1.54) is 7.11 Å². The van der Waals surface area contributed by atoms with Gasteiger partial charge >= 0.3 is 0 Å². The third kappa shape index (κ3) is 3.27. The second-order valence-corrected chi connectivity index (χ2v) is 4.76. The van der Waals surface area contributed by atoms with Crippen molar-refractivity contribution in [2.45, 2.75) is 6.54 Å². The molecule has 0 spiro atoms. The molecular weight excluding hydrogens is 276 g/mol. The van der Waals surface area contributed by atoms with E-state index >= 15 is 0 Å². The third-order valence-electron chi connectivity index (χ3n) is 2.87. The molecule has 5 heteroatoms. The molecule has 20 heavy (non-hydrogen) atoms. The Bertz CT molecular complexity index is 602. The summed E-state index contributed by atoms with van der Waals surface area (Å²) in [6.45, 7) is 0.436. The fraction of sp³-hybridized carbons (Fsp3) is 0.200. The highest BCUT2D eigenvalue weighted by molar-refractivity contribution is 6.30. The van der Waals surface area contributed by atoms with Crippen molar-refractivity contribution in [2.75, 3.05) is 14.2 Å². The Kier molecular flexibility index (Phi) is 4.58. The molecule has 0 radical (unpaired) electrons. The van der Waals surface area contributed by atoms with Gasteiger partial charge in [0.15, 0.2) is 0 Å². The highest BCUT2D eigenvalue weighted by Crippen LogP contribution is 2.24. The van der Waals surface area contributed by atoms with Crippen LogP contribution in [0.5, 0.6) is 5.75 Å². The van der Waals surface area contributed by atoms with Gasteiger partial charge in [0.25, 0.3) is 5.91 Å². The molecule has 1 aromatic carbocycles. The zero-order valence-electron chi connectivity index (χ0n) is 11.3. The number of aromatic nitrogens is 1. The van der Waals surface area contributed by atoms with E-state index in [0.717, 1.165) is 5.69 Å². The Labute approximate surface area is 123 Å². The average molecular weight is 291 g/mol. The molecule has 0 bridgehead atoms. The van der Waals surface area contributed by atoms with Crippen molar-refractivity contribution < 1.29 is 9.53 Å². The predicted octanol–water partition coefficient (Wildman–Crippen LogP) is 3.02. The molecule has 104 valence electrons. The van der Waals surface area contributed by atoms with Crippen LogP contribution in [-0.2, 0) is 6.54 Å². The van der Waals surface area contributed by atoms with Gasteiger partial charge in [0.05, 0.1) is 24.9 Å². The lowest BCUT2D eigenvalue weighted by atomic mass is 10.1. The summed E-state index contributed by atoms with van der Waals surface area (Å²) in [5.41, 5.74) is 1.31. The van der Waals surface area contributed by atoms with Crippen LogP contribution >= 0.6 is 11.6 Å². The molecule has 0 aliphatic heterocycles. The van der Waals surface area contributed by atoms with Crippen LogP contribution < -0.4 is 4.74 Å². The zero-order chi connectivity index (χ0) is 14.5. The number of ether oxygens (including phenoxy) is 1. The van der Waals surface area contributed by atoms with Crippen LogP contribution in [0.3, 0.4) is 0 Å². The van der Waals surface area contributed by atoms with Crippen LogP contribution in [0, 0.1) is 0 Å². The number of halogens is 1. The molecule has 1 amide bonds.